The van der Waals surface area contributed by atoms with E-state index < -0.39 is 0 Å². The van der Waals surface area contributed by atoms with Gasteiger partial charge in [-0.05, 0) is 43.4 Å². The van der Waals surface area contributed by atoms with E-state index in [4.69, 9.17) is 9.26 Å². The van der Waals surface area contributed by atoms with Gasteiger partial charge in [-0.3, -0.25) is 9.69 Å². The van der Waals surface area contributed by atoms with E-state index in [1.54, 1.807) is 7.11 Å². The van der Waals surface area contributed by atoms with Crippen molar-refractivity contribution in [1.29, 1.82) is 0 Å². The molecule has 1 amide bonds. The number of ether oxygens (including phenoxy) is 1. The largest absolute Gasteiger partial charge is 0.497 e. The van der Waals surface area contributed by atoms with Crippen LogP contribution in [0, 0.1) is 12.8 Å². The van der Waals surface area contributed by atoms with Crippen molar-refractivity contribution in [3.63, 3.8) is 0 Å². The molecule has 7 nitrogen and oxygen atoms in total. The highest BCUT2D eigenvalue weighted by atomic mass is 16.5. The number of hydrogen-bond acceptors (Lipinski definition) is 6. The minimum Gasteiger partial charge on any atom is -0.497 e. The Hall–Kier alpha value is -2.41. The van der Waals surface area contributed by atoms with Crippen molar-refractivity contribution in [2.24, 2.45) is 5.92 Å². The molecule has 1 aliphatic rings. The molecule has 29 heavy (non-hydrogen) atoms. The van der Waals surface area contributed by atoms with E-state index in [1.807, 2.05) is 36.1 Å². The van der Waals surface area contributed by atoms with Crippen LogP contribution in [0.5, 0.6) is 5.75 Å². The minimum absolute atomic E-state index is 0.0500. The molecule has 0 N–H and O–H groups in total. The van der Waals surface area contributed by atoms with Gasteiger partial charge in [0.15, 0.2) is 5.82 Å². The first kappa shape index (κ1) is 21.3. The molecule has 1 saturated heterocycles. The fraction of sp³-hybridized carbons (Fsp3) is 0.591. The predicted molar refractivity (Wildman–Crippen MR) is 111 cm³/mol. The molecule has 2 heterocycles. The highest BCUT2D eigenvalue weighted by Gasteiger charge is 2.32. The molecule has 3 rings (SSSR count). The first-order chi connectivity index (χ1) is 14.0. The second-order valence-electron chi connectivity index (χ2n) is 8.13. The van der Waals surface area contributed by atoms with Gasteiger partial charge in [-0.25, -0.2) is 0 Å². The molecular weight excluding hydrogens is 368 g/mol. The first-order valence-corrected chi connectivity index (χ1v) is 10.4. The summed E-state index contributed by atoms with van der Waals surface area (Å²) in [5, 5.41) is 3.97. The van der Waals surface area contributed by atoms with E-state index in [2.05, 4.69) is 28.9 Å². The third-order valence-electron chi connectivity index (χ3n) is 5.27. The molecule has 1 unspecified atom stereocenters. The zero-order chi connectivity index (χ0) is 20.8. The summed E-state index contributed by atoms with van der Waals surface area (Å²) >= 11 is 0. The molecule has 0 radical (unpaired) electrons. The fourth-order valence-corrected chi connectivity index (χ4v) is 3.83. The number of rotatable bonds is 7. The number of carbonyl (C=O) groups excluding carboxylic acids is 1. The Bertz CT molecular complexity index is 788. The molecule has 1 atom stereocenters. The molecular formula is C22H32N4O3. The van der Waals surface area contributed by atoms with Crippen LogP contribution in [0.3, 0.4) is 0 Å². The predicted octanol–water partition coefficient (Wildman–Crippen LogP) is 3.25. The topological polar surface area (TPSA) is 71.7 Å². The minimum atomic E-state index is -0.0500. The van der Waals surface area contributed by atoms with Gasteiger partial charge >= 0.3 is 0 Å². The number of aromatic nitrogens is 2. The lowest BCUT2D eigenvalue weighted by Gasteiger charge is -2.30. The van der Waals surface area contributed by atoms with E-state index in [9.17, 15) is 4.79 Å². The Balaban J connectivity index is 1.67. The Labute approximate surface area is 173 Å². The van der Waals surface area contributed by atoms with Crippen molar-refractivity contribution in [1.82, 2.24) is 19.9 Å². The smallest absolute Gasteiger partial charge is 0.245 e. The summed E-state index contributed by atoms with van der Waals surface area (Å²) in [6.07, 6.45) is 2.16. The van der Waals surface area contributed by atoms with E-state index in [0.29, 0.717) is 30.6 Å². The van der Waals surface area contributed by atoms with Crippen molar-refractivity contribution < 1.29 is 14.1 Å². The number of aryl methyl sites for hydroxylation is 2. The van der Waals surface area contributed by atoms with Gasteiger partial charge in [0.1, 0.15) is 11.8 Å². The molecule has 1 aromatic carbocycles. The van der Waals surface area contributed by atoms with Gasteiger partial charge in [0.25, 0.3) is 0 Å². The maximum absolute atomic E-state index is 13.0. The van der Waals surface area contributed by atoms with Crippen LogP contribution in [0.4, 0.5) is 0 Å². The summed E-state index contributed by atoms with van der Waals surface area (Å²) < 4.78 is 10.7. The maximum Gasteiger partial charge on any atom is 0.245 e. The van der Waals surface area contributed by atoms with Crippen LogP contribution in [0.15, 0.2) is 28.8 Å². The van der Waals surface area contributed by atoms with E-state index in [0.717, 1.165) is 43.8 Å². The quantitative estimate of drug-likeness (QED) is 0.710. The molecule has 2 aromatic rings. The van der Waals surface area contributed by atoms with Gasteiger partial charge in [-0.2, -0.15) is 4.98 Å². The van der Waals surface area contributed by atoms with Gasteiger partial charge in [0.2, 0.25) is 11.8 Å². The number of methoxy groups -OCH3 is 1. The zero-order valence-electron chi connectivity index (χ0n) is 17.9. The number of hydrogen-bond donors (Lipinski definition) is 0. The zero-order valence-corrected chi connectivity index (χ0v) is 17.9. The lowest BCUT2D eigenvalue weighted by molar-refractivity contribution is -0.131. The van der Waals surface area contributed by atoms with E-state index in [-0.39, 0.29) is 11.9 Å². The summed E-state index contributed by atoms with van der Waals surface area (Å²) in [4.78, 5) is 21.8. The lowest BCUT2D eigenvalue weighted by Crippen LogP contribution is -2.39. The van der Waals surface area contributed by atoms with Gasteiger partial charge in [-0.15, -0.1) is 0 Å². The average molecular weight is 401 g/mol. The van der Waals surface area contributed by atoms with Crippen LogP contribution in [0.1, 0.15) is 50.0 Å². The van der Waals surface area contributed by atoms with Crippen molar-refractivity contribution in [2.75, 3.05) is 33.3 Å². The van der Waals surface area contributed by atoms with Crippen LogP contribution < -0.4 is 4.74 Å². The van der Waals surface area contributed by atoms with E-state index >= 15 is 0 Å². The highest BCUT2D eigenvalue weighted by molar-refractivity contribution is 5.76. The summed E-state index contributed by atoms with van der Waals surface area (Å²) in [5.74, 6) is 2.77. The lowest BCUT2D eigenvalue weighted by atomic mass is 10.1. The second-order valence-corrected chi connectivity index (χ2v) is 8.13. The molecule has 1 fully saturated rings. The summed E-state index contributed by atoms with van der Waals surface area (Å²) in [7, 11) is 1.65. The van der Waals surface area contributed by atoms with Gasteiger partial charge in [0.05, 0.1) is 7.11 Å². The SMILES string of the molecule is COc1ccc(CCC(=O)N2CCCN(CC(C)C)C(c3nc(C)no3)C2)cc1. The molecule has 1 aromatic heterocycles. The molecule has 1 aliphatic heterocycles. The Morgan fingerprint density at radius 2 is 2.03 bits per heavy atom. The second kappa shape index (κ2) is 9.87. The number of amides is 1. The van der Waals surface area contributed by atoms with Crippen molar-refractivity contribution >= 4 is 5.91 Å². The fourth-order valence-electron chi connectivity index (χ4n) is 3.83. The monoisotopic (exact) mass is 400 g/mol. The first-order valence-electron chi connectivity index (χ1n) is 10.4. The van der Waals surface area contributed by atoms with Crippen LogP contribution in [-0.4, -0.2) is 59.1 Å². The molecule has 0 saturated carbocycles. The Kier molecular flexibility index (Phi) is 7.25. The third-order valence-corrected chi connectivity index (χ3v) is 5.27. The van der Waals surface area contributed by atoms with Crippen LogP contribution >= 0.6 is 0 Å². The standard InChI is InChI=1S/C22H32N4O3/c1-16(2)14-25-12-5-13-26(15-20(25)22-23-17(3)24-29-22)21(27)11-8-18-6-9-19(28-4)10-7-18/h6-7,9-10,16,20H,5,8,11-15H2,1-4H3. The third kappa shape index (κ3) is 5.79. The molecule has 0 aliphatic carbocycles. The molecule has 158 valence electrons. The van der Waals surface area contributed by atoms with Crippen molar-refractivity contribution in [3.8, 4) is 5.75 Å². The molecule has 0 bridgehead atoms. The summed E-state index contributed by atoms with van der Waals surface area (Å²) in [5.41, 5.74) is 1.14. The molecule has 0 spiro atoms. The highest BCUT2D eigenvalue weighted by Crippen LogP contribution is 2.25. The summed E-state index contributed by atoms with van der Waals surface area (Å²) in [6, 6.07) is 7.85. The number of nitrogens with zero attached hydrogens (tertiary/aromatic N) is 4. The normalized spacial score (nSPS) is 18.1. The average Bonchev–Trinajstić information content (AvgIpc) is 3.03. The maximum atomic E-state index is 13.0. The van der Waals surface area contributed by atoms with Crippen LogP contribution in [-0.2, 0) is 11.2 Å². The summed E-state index contributed by atoms with van der Waals surface area (Å²) in [6.45, 7) is 9.47. The molecule has 7 heteroatoms. The van der Waals surface area contributed by atoms with E-state index in [1.165, 1.54) is 0 Å². The van der Waals surface area contributed by atoms with Crippen molar-refractivity contribution in [3.05, 3.63) is 41.5 Å². The van der Waals surface area contributed by atoms with Crippen molar-refractivity contribution in [2.45, 2.75) is 46.1 Å². The van der Waals surface area contributed by atoms with Gasteiger partial charge in [-0.1, -0.05) is 31.1 Å². The Morgan fingerprint density at radius 3 is 2.66 bits per heavy atom. The van der Waals surface area contributed by atoms with Gasteiger partial charge in [0, 0.05) is 32.6 Å². The van der Waals surface area contributed by atoms with Crippen LogP contribution in [0.2, 0.25) is 0 Å². The Morgan fingerprint density at radius 1 is 1.28 bits per heavy atom. The number of carbonyl (C=O) groups is 1. The van der Waals surface area contributed by atoms with Gasteiger partial charge < -0.3 is 14.2 Å². The van der Waals surface area contributed by atoms with Crippen LogP contribution in [0.25, 0.3) is 0 Å². The number of benzene rings is 1.